The molecule has 0 fully saturated rings. The van der Waals surface area contributed by atoms with Crippen molar-refractivity contribution in [1.29, 1.82) is 0 Å². The van der Waals surface area contributed by atoms with E-state index < -0.39 is 34.9 Å². The van der Waals surface area contributed by atoms with Gasteiger partial charge < -0.3 is 34.8 Å². The molecule has 2 aliphatic heterocycles. The zero-order chi connectivity index (χ0) is 88.5. The Bertz CT molecular complexity index is 5470. The van der Waals surface area contributed by atoms with Gasteiger partial charge in [-0.2, -0.15) is 4.58 Å². The monoisotopic (exact) mass is 1700 g/mol. The first-order valence-electron chi connectivity index (χ1n) is 42.9. The molecule has 127 heavy (non-hydrogen) atoms. The van der Waals surface area contributed by atoms with Gasteiger partial charge in [0.05, 0.1) is 71.6 Å². The largest absolute Gasteiger partial charge is 0.507 e. The van der Waals surface area contributed by atoms with E-state index in [1.165, 1.54) is 14.2 Å². The fourth-order valence-electron chi connectivity index (χ4n) is 16.9. The van der Waals surface area contributed by atoms with Crippen LogP contribution in [-0.2, 0) is 121 Å². The summed E-state index contributed by atoms with van der Waals surface area (Å²) in [5.41, 5.74) is 15.8. The van der Waals surface area contributed by atoms with Crippen molar-refractivity contribution in [2.24, 2.45) is 9.98 Å². The van der Waals surface area contributed by atoms with E-state index >= 15 is 0 Å². The minimum absolute atomic E-state index is 0.0368. The van der Waals surface area contributed by atoms with Gasteiger partial charge >= 0.3 is 11.9 Å². The Morgan fingerprint density at radius 3 is 1.07 bits per heavy atom. The molecule has 24 heteroatoms. The standard InChI is InChI=1S/C103H108N16O8/c1-102(2)88-38-10-12-40-92(88)118(54-44-96(120)112-90(100(124)126-5)60-74-56-76(62-114(66-80-30-14-22-46-104-80)67-81-31-15-23-47-105-81)98(122)77(57-74)63-115(68-82-32-16-24-48-106-82)69-83-33-17-25-49-107-83)94(102)42-8-7-9-43-95-103(3,4)89-39-11-13-41-93(89)119(95)55-45-97(121)113-91(101(125)127-6)61-75-58-78(64-116(70-84-34-18-26-50-108-84)71-85-35-19-27-51-109-85)99(123)79(59-75)65-117(72-86-36-20-28-52-110-86)73-87-37-21-29-53-111-87/h7-43,46-53,56-59,90-91H,44-45,54-55,60-73H2,1-6H3,(H3-,112,113,120,121,122,123)/p+1/t90-,91-/m0/s1. The number of aromatic nitrogens is 8. The van der Waals surface area contributed by atoms with E-state index in [9.17, 15) is 30.0 Å². The summed E-state index contributed by atoms with van der Waals surface area (Å²) >= 11 is 0. The number of phenols is 2. The van der Waals surface area contributed by atoms with Crippen LogP contribution in [0.1, 0.15) is 131 Å². The lowest BCUT2D eigenvalue weighted by Crippen LogP contribution is -2.29. The summed E-state index contributed by atoms with van der Waals surface area (Å²) in [6.07, 6.45) is 24.6. The van der Waals surface area contributed by atoms with E-state index in [4.69, 9.17) is 19.5 Å². The smallest absolute Gasteiger partial charge is 0.331 e. The highest BCUT2D eigenvalue weighted by Crippen LogP contribution is 2.48. The van der Waals surface area contributed by atoms with Crippen LogP contribution in [-0.4, -0.2) is 153 Å². The van der Waals surface area contributed by atoms with Gasteiger partial charge in [0.25, 0.3) is 0 Å². The van der Waals surface area contributed by atoms with Gasteiger partial charge in [0.2, 0.25) is 5.69 Å². The number of anilines is 1. The number of esters is 2. The third-order valence-electron chi connectivity index (χ3n) is 23.0. The normalized spacial score (nSPS) is 14.5. The molecule has 0 radical (unpaired) electrons. The number of hydrogen-bond acceptors (Lipinski definition) is 21. The zero-order valence-corrected chi connectivity index (χ0v) is 72.8. The van der Waals surface area contributed by atoms with Crippen LogP contribution in [0, 0.1) is 0 Å². The fraction of sp³-hybridized carbons (Fsp3) is 0.272. The molecule has 10 heterocycles. The number of aromatic hydroxyl groups is 2. The molecule has 0 amide bonds. The first-order valence-corrected chi connectivity index (χ1v) is 42.9. The van der Waals surface area contributed by atoms with E-state index in [0.717, 1.165) is 79.5 Å². The number of nitrogens with zero attached hydrogens (tertiary/aromatic N) is 16. The number of aliphatic imine (C=N–C) groups is 2. The lowest BCUT2D eigenvalue weighted by molar-refractivity contribution is -0.435. The maximum Gasteiger partial charge on any atom is 0.331 e. The molecule has 0 bridgehead atoms. The molecule has 8 aromatic heterocycles. The molecular formula is C103H109N16O8+. The summed E-state index contributed by atoms with van der Waals surface area (Å²) in [4.78, 5) is 86.1. The zero-order valence-electron chi connectivity index (χ0n) is 72.8. The number of methoxy groups -OCH3 is 2. The molecule has 2 atom stereocenters. The Balaban J connectivity index is 0.716. The molecule has 2 aliphatic rings. The second-order valence-corrected chi connectivity index (χ2v) is 33.0. The summed E-state index contributed by atoms with van der Waals surface area (Å²) in [7, 11) is 2.64. The van der Waals surface area contributed by atoms with E-state index in [1.54, 1.807) is 49.6 Å². The Morgan fingerprint density at radius 1 is 0.409 bits per heavy atom. The van der Waals surface area contributed by atoms with Gasteiger partial charge in [-0.3, -0.25) is 59.5 Å². The Labute approximate surface area is 742 Å². The number of hydrogen-bond donors (Lipinski definition) is 4. The Hall–Kier alpha value is -13.9. The number of aliphatic hydroxyl groups excluding tert-OH is 2. The van der Waals surface area contributed by atoms with Crippen molar-refractivity contribution in [2.45, 2.75) is 155 Å². The highest BCUT2D eigenvalue weighted by molar-refractivity contribution is 6.03. The van der Waals surface area contributed by atoms with Crippen molar-refractivity contribution in [3.8, 4) is 11.5 Å². The minimum Gasteiger partial charge on any atom is -0.507 e. The van der Waals surface area contributed by atoms with Crippen LogP contribution in [0.4, 0.5) is 11.4 Å². The third-order valence-corrected chi connectivity index (χ3v) is 23.0. The average Bonchev–Trinajstić information content (AvgIpc) is 1.59. The predicted octanol–water partition coefficient (Wildman–Crippen LogP) is 16.5. The highest BCUT2D eigenvalue weighted by atomic mass is 16.5. The molecule has 0 saturated heterocycles. The first kappa shape index (κ1) is 89.4. The van der Waals surface area contributed by atoms with Crippen LogP contribution in [0.5, 0.6) is 11.5 Å². The van der Waals surface area contributed by atoms with E-state index in [1.807, 2.05) is 212 Å². The molecular weight excluding hydrogens is 1590 g/mol. The number of benzene rings is 4. The number of allylic oxidation sites excluding steroid dienone is 6. The lowest BCUT2D eigenvalue weighted by Gasteiger charge is -2.27. The lowest BCUT2D eigenvalue weighted by atomic mass is 9.81. The van der Waals surface area contributed by atoms with Crippen molar-refractivity contribution in [1.82, 2.24) is 59.5 Å². The molecule has 4 aromatic carbocycles. The molecule has 648 valence electrons. The number of carbonyl (C=O) groups excluding carboxylic acids is 2. The van der Waals surface area contributed by atoms with E-state index in [-0.39, 0.29) is 75.2 Å². The quantitative estimate of drug-likeness (QED) is 0.00911. The summed E-state index contributed by atoms with van der Waals surface area (Å²) < 4.78 is 13.1. The minimum atomic E-state index is -1.16. The number of phenolic OH excluding ortho intramolecular Hbond substituents is 2. The van der Waals surface area contributed by atoms with Gasteiger partial charge in [0.15, 0.2) is 36.1 Å². The Morgan fingerprint density at radius 2 is 0.732 bits per heavy atom. The molecule has 0 unspecified atom stereocenters. The maximum absolute atomic E-state index is 14.1. The SMILES string of the molecule is COC(=O)[C@H](Cc1cc(CN(Cc2ccccn2)Cc2ccccn2)c(O)c(CN(Cc2ccccn2)Cc2ccccn2)c1)N=C(O)CCN1C(=CC=CC=CC2=[N+](CCC(O)=N[C@@H](Cc3cc(CN(Cc4ccccn4)Cc4ccccn4)c(O)c(CN(Cc4ccccn4)Cc4ccccn4)c3)C(=O)OC)c3ccccc3C2(C)C)C(C)(C)c2ccccc21. The van der Waals surface area contributed by atoms with E-state index in [0.29, 0.717) is 98.8 Å². The van der Waals surface area contributed by atoms with Gasteiger partial charge in [-0.15, -0.1) is 0 Å². The van der Waals surface area contributed by atoms with Crippen molar-refractivity contribution < 1.29 is 44.1 Å². The van der Waals surface area contributed by atoms with Crippen molar-refractivity contribution in [2.75, 3.05) is 32.2 Å². The van der Waals surface area contributed by atoms with Gasteiger partial charge in [-0.1, -0.05) is 141 Å². The maximum atomic E-state index is 14.1. The van der Waals surface area contributed by atoms with Crippen molar-refractivity contribution in [3.63, 3.8) is 0 Å². The summed E-state index contributed by atoms with van der Waals surface area (Å²) in [6.45, 7) is 14.1. The summed E-state index contributed by atoms with van der Waals surface area (Å²) in [5, 5.41) is 49.5. The molecule has 12 aromatic rings. The average molecular weight is 1700 g/mol. The predicted molar refractivity (Wildman–Crippen MR) is 493 cm³/mol. The molecule has 0 aliphatic carbocycles. The molecule has 0 spiro atoms. The van der Waals surface area contributed by atoms with Gasteiger partial charge in [0, 0.05) is 211 Å². The third kappa shape index (κ3) is 24.0. The first-order chi connectivity index (χ1) is 61.8. The van der Waals surface area contributed by atoms with Gasteiger partial charge in [0.1, 0.15) is 11.5 Å². The topological polar surface area (TPSA) is 281 Å². The Kier molecular flexibility index (Phi) is 30.4. The van der Waals surface area contributed by atoms with Gasteiger partial charge in [-0.05, 0) is 140 Å². The van der Waals surface area contributed by atoms with Crippen LogP contribution in [0.3, 0.4) is 0 Å². The molecule has 0 saturated carbocycles. The van der Waals surface area contributed by atoms with Crippen LogP contribution in [0.15, 0.2) is 314 Å². The number of para-hydroxylation sites is 2. The number of aliphatic hydroxyl groups is 2. The van der Waals surface area contributed by atoms with Crippen LogP contribution in [0.25, 0.3) is 0 Å². The fourth-order valence-corrected chi connectivity index (χ4v) is 16.9. The number of fused-ring (bicyclic) bond motifs is 2. The second kappa shape index (κ2) is 43.1. The van der Waals surface area contributed by atoms with Crippen LogP contribution in [0.2, 0.25) is 0 Å². The number of pyridine rings is 8. The number of rotatable bonds is 41. The number of ether oxygens (including phenoxy) is 2. The highest BCUT2D eigenvalue weighted by Gasteiger charge is 2.45. The van der Waals surface area contributed by atoms with Crippen LogP contribution >= 0.6 is 0 Å². The van der Waals surface area contributed by atoms with Crippen molar-refractivity contribution in [3.05, 3.63) is 394 Å². The second-order valence-electron chi connectivity index (χ2n) is 33.0. The van der Waals surface area contributed by atoms with Crippen LogP contribution < -0.4 is 4.90 Å². The molecule has 24 nitrogen and oxygen atoms in total. The van der Waals surface area contributed by atoms with Crippen molar-refractivity contribution >= 4 is 40.8 Å². The molecule has 4 N–H and O–H groups in total. The molecule has 14 rings (SSSR count). The number of carbonyl (C=O) groups is 2. The summed E-state index contributed by atoms with van der Waals surface area (Å²) in [5.74, 6) is -1.52. The summed E-state index contributed by atoms with van der Waals surface area (Å²) in [6, 6.07) is 68.3. The van der Waals surface area contributed by atoms with E-state index in [2.05, 4.69) is 133 Å². The van der Waals surface area contributed by atoms with Gasteiger partial charge in [-0.25, -0.2) is 19.6 Å².